The Labute approximate surface area is 184 Å². The third kappa shape index (κ3) is 4.01. The number of amides is 1. The lowest BCUT2D eigenvalue weighted by Crippen LogP contribution is -2.31. The molecule has 3 heterocycles. The van der Waals surface area contributed by atoms with Gasteiger partial charge in [-0.25, -0.2) is 0 Å². The van der Waals surface area contributed by atoms with Gasteiger partial charge in [-0.3, -0.25) is 9.36 Å². The number of thioether (sulfide) groups is 1. The van der Waals surface area contributed by atoms with Gasteiger partial charge in [0.05, 0.1) is 6.26 Å². The van der Waals surface area contributed by atoms with E-state index in [2.05, 4.69) is 10.2 Å². The van der Waals surface area contributed by atoms with Gasteiger partial charge in [0.2, 0.25) is 11.7 Å². The second-order valence-electron chi connectivity index (χ2n) is 7.40. The number of carbonyl (C=O) groups excluding carboxylic acids is 1. The van der Waals surface area contributed by atoms with E-state index >= 15 is 0 Å². The average molecular weight is 431 g/mol. The summed E-state index contributed by atoms with van der Waals surface area (Å²) in [6.07, 6.45) is 3.73. The van der Waals surface area contributed by atoms with Gasteiger partial charge >= 0.3 is 0 Å². The minimum atomic E-state index is -0.393. The fraction of sp³-hybridized carbons (Fsp3) is 0.208. The highest BCUT2D eigenvalue weighted by Crippen LogP contribution is 2.39. The van der Waals surface area contributed by atoms with Crippen LogP contribution in [0, 0.1) is 0 Å². The van der Waals surface area contributed by atoms with Gasteiger partial charge in [-0.15, -0.1) is 10.2 Å². The number of carbonyl (C=O) groups is 1. The molecule has 1 fully saturated rings. The zero-order valence-corrected chi connectivity index (χ0v) is 17.7. The molecule has 2 aromatic carbocycles. The molecule has 0 spiro atoms. The normalized spacial score (nSPS) is 14.6. The van der Waals surface area contributed by atoms with Crippen LogP contribution in [0.1, 0.15) is 23.7 Å². The maximum atomic E-state index is 13.5. The standard InChI is InChI=1S/C24H22N4O2S/c29-23(27-15-7-8-16-27)21(18-10-3-1-4-11-18)31-24-26-25-22(20-14-9-17-30-20)28(24)19-12-5-2-6-13-19/h1-6,9-14,17,21H,7-8,15-16H2/t21-/m0/s1. The Morgan fingerprint density at radius 2 is 1.61 bits per heavy atom. The van der Waals surface area contributed by atoms with E-state index in [-0.39, 0.29) is 5.91 Å². The van der Waals surface area contributed by atoms with E-state index in [9.17, 15) is 4.79 Å². The second-order valence-corrected chi connectivity index (χ2v) is 8.47. The molecule has 0 radical (unpaired) electrons. The van der Waals surface area contributed by atoms with Crippen LogP contribution in [0.15, 0.2) is 88.6 Å². The molecule has 1 atom stereocenters. The van der Waals surface area contributed by atoms with Crippen molar-refractivity contribution in [3.63, 3.8) is 0 Å². The number of likely N-dealkylation sites (tertiary alicyclic amines) is 1. The summed E-state index contributed by atoms with van der Waals surface area (Å²) in [6.45, 7) is 1.62. The van der Waals surface area contributed by atoms with E-state index in [4.69, 9.17) is 4.42 Å². The van der Waals surface area contributed by atoms with Crippen LogP contribution >= 0.6 is 11.8 Å². The lowest BCUT2D eigenvalue weighted by Gasteiger charge is -2.23. The minimum absolute atomic E-state index is 0.121. The summed E-state index contributed by atoms with van der Waals surface area (Å²) in [7, 11) is 0. The number of para-hydroxylation sites is 1. The van der Waals surface area contributed by atoms with Gasteiger partial charge in [-0.2, -0.15) is 0 Å². The zero-order valence-electron chi connectivity index (χ0n) is 16.9. The second kappa shape index (κ2) is 8.81. The van der Waals surface area contributed by atoms with E-state index in [0.717, 1.165) is 37.2 Å². The van der Waals surface area contributed by atoms with Crippen molar-refractivity contribution in [3.05, 3.63) is 84.6 Å². The van der Waals surface area contributed by atoms with Crippen molar-refractivity contribution in [3.8, 4) is 17.3 Å². The van der Waals surface area contributed by atoms with Crippen LogP contribution in [0.25, 0.3) is 17.3 Å². The van der Waals surface area contributed by atoms with Crippen molar-refractivity contribution in [1.82, 2.24) is 19.7 Å². The molecule has 5 rings (SSSR count). The monoisotopic (exact) mass is 430 g/mol. The Morgan fingerprint density at radius 1 is 0.903 bits per heavy atom. The van der Waals surface area contributed by atoms with Gasteiger partial charge in [-0.05, 0) is 42.7 Å². The predicted octanol–water partition coefficient (Wildman–Crippen LogP) is 4.98. The molecule has 31 heavy (non-hydrogen) atoms. The lowest BCUT2D eigenvalue weighted by molar-refractivity contribution is -0.129. The largest absolute Gasteiger partial charge is 0.461 e. The molecule has 0 saturated carbocycles. The smallest absolute Gasteiger partial charge is 0.240 e. The van der Waals surface area contributed by atoms with Gasteiger partial charge in [0.25, 0.3) is 0 Å². The summed E-state index contributed by atoms with van der Waals surface area (Å²) in [6, 6.07) is 23.5. The van der Waals surface area contributed by atoms with Crippen molar-refractivity contribution in [2.24, 2.45) is 0 Å². The van der Waals surface area contributed by atoms with Crippen molar-refractivity contribution in [1.29, 1.82) is 0 Å². The molecule has 2 aromatic heterocycles. The number of furan rings is 1. The Morgan fingerprint density at radius 3 is 2.29 bits per heavy atom. The van der Waals surface area contributed by atoms with Crippen LogP contribution in [0.4, 0.5) is 0 Å². The van der Waals surface area contributed by atoms with Crippen molar-refractivity contribution in [2.45, 2.75) is 23.2 Å². The summed E-state index contributed by atoms with van der Waals surface area (Å²) in [5.74, 6) is 1.36. The number of benzene rings is 2. The Kier molecular flexibility index (Phi) is 5.58. The quantitative estimate of drug-likeness (QED) is 0.404. The molecule has 7 heteroatoms. The first-order valence-electron chi connectivity index (χ1n) is 10.4. The maximum Gasteiger partial charge on any atom is 0.240 e. The van der Waals surface area contributed by atoms with Crippen molar-refractivity contribution >= 4 is 17.7 Å². The topological polar surface area (TPSA) is 64.2 Å². The molecule has 0 aliphatic carbocycles. The summed E-state index contributed by atoms with van der Waals surface area (Å²) < 4.78 is 7.56. The SMILES string of the molecule is O=C([C@@H](Sc1nnc(-c2ccco2)n1-c1ccccc1)c1ccccc1)N1CCCC1. The van der Waals surface area contributed by atoms with Gasteiger partial charge < -0.3 is 9.32 Å². The predicted molar refractivity (Wildman–Crippen MR) is 120 cm³/mol. The van der Waals surface area contributed by atoms with Crippen LogP contribution in [0.2, 0.25) is 0 Å². The van der Waals surface area contributed by atoms with E-state index in [1.54, 1.807) is 6.26 Å². The van der Waals surface area contributed by atoms with Crippen LogP contribution in [0.5, 0.6) is 0 Å². The molecule has 0 bridgehead atoms. The Balaban J connectivity index is 1.57. The third-order valence-electron chi connectivity index (χ3n) is 5.36. The summed E-state index contributed by atoms with van der Waals surface area (Å²) in [4.78, 5) is 15.4. The average Bonchev–Trinajstić information content (AvgIpc) is 3.60. The molecule has 0 unspecified atom stereocenters. The van der Waals surface area contributed by atoms with Gasteiger partial charge in [0, 0.05) is 18.8 Å². The van der Waals surface area contributed by atoms with Crippen LogP contribution < -0.4 is 0 Å². The highest BCUT2D eigenvalue weighted by Gasteiger charge is 2.31. The van der Waals surface area contributed by atoms with Gasteiger partial charge in [-0.1, -0.05) is 60.3 Å². The molecule has 1 saturated heterocycles. The first-order valence-corrected chi connectivity index (χ1v) is 11.2. The zero-order chi connectivity index (χ0) is 21.0. The first-order chi connectivity index (χ1) is 15.3. The Bertz CT molecular complexity index is 1140. The van der Waals surface area contributed by atoms with E-state index < -0.39 is 5.25 Å². The van der Waals surface area contributed by atoms with Crippen molar-refractivity contribution < 1.29 is 9.21 Å². The Hall–Kier alpha value is -3.32. The molecule has 1 aliphatic heterocycles. The molecular formula is C24H22N4O2S. The maximum absolute atomic E-state index is 13.5. The number of hydrogen-bond acceptors (Lipinski definition) is 5. The molecule has 1 amide bonds. The fourth-order valence-electron chi connectivity index (χ4n) is 3.82. The number of aromatic nitrogens is 3. The third-order valence-corrected chi connectivity index (χ3v) is 6.54. The molecule has 0 N–H and O–H groups in total. The molecule has 6 nitrogen and oxygen atoms in total. The minimum Gasteiger partial charge on any atom is -0.461 e. The van der Waals surface area contributed by atoms with Gasteiger partial charge in [0.15, 0.2) is 10.9 Å². The molecule has 1 aliphatic rings. The van der Waals surface area contributed by atoms with E-state index in [1.165, 1.54) is 11.8 Å². The highest BCUT2D eigenvalue weighted by molar-refractivity contribution is 8.00. The van der Waals surface area contributed by atoms with Gasteiger partial charge in [0.1, 0.15) is 5.25 Å². The molecular weight excluding hydrogens is 408 g/mol. The fourth-order valence-corrected chi connectivity index (χ4v) is 4.96. The summed E-state index contributed by atoms with van der Waals surface area (Å²) in [5, 5.41) is 9.14. The number of nitrogens with zero attached hydrogens (tertiary/aromatic N) is 4. The van der Waals surface area contributed by atoms with E-state index in [0.29, 0.717) is 16.7 Å². The summed E-state index contributed by atoms with van der Waals surface area (Å²) >= 11 is 1.43. The summed E-state index contributed by atoms with van der Waals surface area (Å²) in [5.41, 5.74) is 1.88. The number of rotatable bonds is 6. The van der Waals surface area contributed by atoms with Crippen LogP contribution in [-0.2, 0) is 4.79 Å². The van der Waals surface area contributed by atoms with Crippen LogP contribution in [-0.4, -0.2) is 38.7 Å². The van der Waals surface area contributed by atoms with E-state index in [1.807, 2.05) is 82.3 Å². The number of hydrogen-bond donors (Lipinski definition) is 0. The molecule has 4 aromatic rings. The molecule has 156 valence electrons. The van der Waals surface area contributed by atoms with Crippen molar-refractivity contribution in [2.75, 3.05) is 13.1 Å². The highest BCUT2D eigenvalue weighted by atomic mass is 32.2. The van der Waals surface area contributed by atoms with Crippen LogP contribution in [0.3, 0.4) is 0 Å². The lowest BCUT2D eigenvalue weighted by atomic mass is 10.1. The first kappa shape index (κ1) is 19.6.